The number of carboxylic acid groups (broad SMARTS) is 1. The molecule has 1 aromatic carbocycles. The number of carbonyl (C=O) groups is 2. The summed E-state index contributed by atoms with van der Waals surface area (Å²) in [6, 6.07) is 3.77. The first kappa shape index (κ1) is 16.0. The van der Waals surface area contributed by atoms with E-state index < -0.39 is 17.9 Å². The summed E-state index contributed by atoms with van der Waals surface area (Å²) >= 11 is 4.42. The molecule has 0 heterocycles. The number of benzene rings is 1. The van der Waals surface area contributed by atoms with Crippen LogP contribution in [0.3, 0.4) is 0 Å². The van der Waals surface area contributed by atoms with Crippen LogP contribution < -0.4 is 5.32 Å². The lowest BCUT2D eigenvalue weighted by Crippen LogP contribution is -2.41. The number of hydrogen-bond donors (Lipinski definition) is 2. The number of hydrogen-bond acceptors (Lipinski definition) is 3. The molecule has 0 fully saturated rings. The van der Waals surface area contributed by atoms with Crippen molar-refractivity contribution in [2.75, 3.05) is 5.75 Å². The number of aliphatic carboxylic acids is 1. The summed E-state index contributed by atoms with van der Waals surface area (Å²) in [4.78, 5) is 21.7. The van der Waals surface area contributed by atoms with Crippen LogP contribution in [0.4, 0.5) is 4.39 Å². The Hall–Kier alpha value is -1.08. The predicted molar refractivity (Wildman–Crippen MR) is 75.5 cm³/mol. The van der Waals surface area contributed by atoms with Gasteiger partial charge in [-0.3, -0.25) is 4.79 Å². The lowest BCUT2D eigenvalue weighted by Gasteiger charge is -2.12. The van der Waals surface area contributed by atoms with Gasteiger partial charge < -0.3 is 10.4 Å². The van der Waals surface area contributed by atoms with Gasteiger partial charge in [0, 0.05) is 22.9 Å². The largest absolute Gasteiger partial charge is 0.480 e. The molecule has 0 radical (unpaired) electrons. The average molecular weight is 350 g/mol. The molecule has 1 aromatic rings. The van der Waals surface area contributed by atoms with Gasteiger partial charge in [-0.2, -0.15) is 11.8 Å². The first-order valence-corrected chi connectivity index (χ1v) is 7.36. The van der Waals surface area contributed by atoms with Gasteiger partial charge in [0.2, 0.25) is 5.91 Å². The fourth-order valence-corrected chi connectivity index (χ4v) is 2.71. The van der Waals surface area contributed by atoms with Crippen LogP contribution in [0.1, 0.15) is 12.5 Å². The highest BCUT2D eigenvalue weighted by atomic mass is 79.9. The van der Waals surface area contributed by atoms with Crippen LogP contribution in [0.5, 0.6) is 0 Å². The maximum absolute atomic E-state index is 13.5. The molecule has 0 aliphatic rings. The minimum atomic E-state index is -1.10. The summed E-state index contributed by atoms with van der Waals surface area (Å²) in [5.41, 5.74) is 0.500. The van der Waals surface area contributed by atoms with Crippen LogP contribution >= 0.6 is 27.7 Å². The molecule has 1 atom stereocenters. The molecule has 1 amide bonds. The summed E-state index contributed by atoms with van der Waals surface area (Å²) in [5, 5.41) is 11.2. The summed E-state index contributed by atoms with van der Waals surface area (Å²) < 4.78 is 14.2. The van der Waals surface area contributed by atoms with Crippen LogP contribution in [0.2, 0.25) is 0 Å². The quantitative estimate of drug-likeness (QED) is 0.827. The molecule has 0 saturated heterocycles. The molecule has 0 spiro atoms. The molecule has 1 unspecified atom stereocenters. The Bertz CT molecular complexity index is 484. The molecule has 0 aliphatic carbocycles. The van der Waals surface area contributed by atoms with Gasteiger partial charge >= 0.3 is 5.97 Å². The summed E-state index contributed by atoms with van der Waals surface area (Å²) in [6.07, 6.45) is 0. The van der Waals surface area contributed by atoms with Gasteiger partial charge in [0.25, 0.3) is 0 Å². The molecule has 0 saturated carbocycles. The second-order valence-electron chi connectivity index (χ2n) is 3.84. The first-order chi connectivity index (χ1) is 8.90. The van der Waals surface area contributed by atoms with Crippen molar-refractivity contribution in [2.24, 2.45) is 0 Å². The van der Waals surface area contributed by atoms with Gasteiger partial charge in [-0.15, -0.1) is 0 Å². The van der Waals surface area contributed by atoms with E-state index in [4.69, 9.17) is 5.11 Å². The molecular weight excluding hydrogens is 337 g/mol. The highest BCUT2D eigenvalue weighted by Gasteiger charge is 2.18. The van der Waals surface area contributed by atoms with Crippen molar-refractivity contribution >= 4 is 39.6 Å². The average Bonchev–Trinajstić information content (AvgIpc) is 2.29. The van der Waals surface area contributed by atoms with Crippen LogP contribution in [0, 0.1) is 5.82 Å². The van der Waals surface area contributed by atoms with Crippen molar-refractivity contribution in [3.63, 3.8) is 0 Å². The fourth-order valence-electron chi connectivity index (χ4n) is 1.35. The van der Waals surface area contributed by atoms with E-state index in [1.54, 1.807) is 12.1 Å². The molecular formula is C12H13BrFNO3S. The number of halogens is 2. The van der Waals surface area contributed by atoms with Crippen LogP contribution in [-0.4, -0.2) is 28.8 Å². The van der Waals surface area contributed by atoms with E-state index >= 15 is 0 Å². The number of carbonyl (C=O) groups excluding carboxylic acids is 1. The first-order valence-electron chi connectivity index (χ1n) is 5.41. The standard InChI is InChI=1S/C12H13BrFNO3S/c1-7(16)15-11(12(17)18)6-19-5-8-2-3-9(13)4-10(8)14/h2-4,11H,5-6H2,1H3,(H,15,16)(H,17,18). The Morgan fingerprint density at radius 2 is 2.21 bits per heavy atom. The van der Waals surface area contributed by atoms with Gasteiger partial charge in [0.05, 0.1) is 0 Å². The minimum absolute atomic E-state index is 0.185. The normalized spacial score (nSPS) is 11.9. The van der Waals surface area contributed by atoms with Gasteiger partial charge in [0.15, 0.2) is 0 Å². The van der Waals surface area contributed by atoms with Crippen LogP contribution in [0.25, 0.3) is 0 Å². The zero-order valence-electron chi connectivity index (χ0n) is 10.2. The van der Waals surface area contributed by atoms with E-state index in [2.05, 4.69) is 21.2 Å². The van der Waals surface area contributed by atoms with Crippen molar-refractivity contribution in [2.45, 2.75) is 18.7 Å². The maximum Gasteiger partial charge on any atom is 0.327 e. The second kappa shape index (κ2) is 7.49. The smallest absolute Gasteiger partial charge is 0.327 e. The van der Waals surface area contributed by atoms with E-state index in [9.17, 15) is 14.0 Å². The lowest BCUT2D eigenvalue weighted by atomic mass is 10.2. The molecule has 0 aromatic heterocycles. The SMILES string of the molecule is CC(=O)NC(CSCc1ccc(Br)cc1F)C(=O)O. The molecule has 7 heteroatoms. The molecule has 0 aliphatic heterocycles. The Labute approximate surface area is 122 Å². The Morgan fingerprint density at radius 1 is 1.53 bits per heavy atom. The Balaban J connectivity index is 2.52. The van der Waals surface area contributed by atoms with Crippen molar-refractivity contribution in [3.8, 4) is 0 Å². The number of amides is 1. The van der Waals surface area contributed by atoms with Gasteiger partial charge in [-0.05, 0) is 17.7 Å². The number of rotatable bonds is 6. The third-order valence-electron chi connectivity index (χ3n) is 2.23. The number of carboxylic acids is 1. The minimum Gasteiger partial charge on any atom is -0.480 e. The number of nitrogens with one attached hydrogen (secondary N) is 1. The Morgan fingerprint density at radius 3 is 2.74 bits per heavy atom. The second-order valence-corrected chi connectivity index (χ2v) is 5.79. The van der Waals surface area contributed by atoms with E-state index in [0.29, 0.717) is 15.8 Å². The van der Waals surface area contributed by atoms with Crippen molar-refractivity contribution < 1.29 is 19.1 Å². The molecule has 4 nitrogen and oxygen atoms in total. The van der Waals surface area contributed by atoms with Gasteiger partial charge in [-0.1, -0.05) is 22.0 Å². The monoisotopic (exact) mass is 349 g/mol. The highest BCUT2D eigenvalue weighted by Crippen LogP contribution is 2.20. The van der Waals surface area contributed by atoms with Crippen LogP contribution in [0.15, 0.2) is 22.7 Å². The molecule has 0 bridgehead atoms. The fraction of sp³-hybridized carbons (Fsp3) is 0.333. The van der Waals surface area contributed by atoms with Gasteiger partial charge in [0.1, 0.15) is 11.9 Å². The summed E-state index contributed by atoms with van der Waals surface area (Å²) in [7, 11) is 0. The maximum atomic E-state index is 13.5. The van der Waals surface area contributed by atoms with Crippen molar-refractivity contribution in [3.05, 3.63) is 34.1 Å². The topological polar surface area (TPSA) is 66.4 Å². The van der Waals surface area contributed by atoms with E-state index in [-0.39, 0.29) is 11.6 Å². The molecule has 1 rings (SSSR count). The summed E-state index contributed by atoms with van der Waals surface area (Å²) in [6.45, 7) is 1.26. The van der Waals surface area contributed by atoms with Crippen LogP contribution in [-0.2, 0) is 15.3 Å². The lowest BCUT2D eigenvalue weighted by molar-refractivity contribution is -0.140. The zero-order chi connectivity index (χ0) is 14.4. The van der Waals surface area contributed by atoms with Gasteiger partial charge in [-0.25, -0.2) is 9.18 Å². The van der Waals surface area contributed by atoms with Crippen molar-refractivity contribution in [1.29, 1.82) is 0 Å². The van der Waals surface area contributed by atoms with E-state index in [1.165, 1.54) is 24.8 Å². The zero-order valence-corrected chi connectivity index (χ0v) is 12.6. The molecule has 104 valence electrons. The molecule has 2 N–H and O–H groups in total. The van der Waals surface area contributed by atoms with E-state index in [0.717, 1.165) is 0 Å². The summed E-state index contributed by atoms with van der Waals surface area (Å²) in [5.74, 6) is -1.30. The van der Waals surface area contributed by atoms with E-state index in [1.807, 2.05) is 0 Å². The number of thioether (sulfide) groups is 1. The van der Waals surface area contributed by atoms with Crippen molar-refractivity contribution in [1.82, 2.24) is 5.32 Å². The third kappa shape index (κ3) is 5.61. The molecule has 19 heavy (non-hydrogen) atoms. The third-order valence-corrected chi connectivity index (χ3v) is 3.81. The predicted octanol–water partition coefficient (Wildman–Crippen LogP) is 2.41. The Kier molecular flexibility index (Phi) is 6.30. The highest BCUT2D eigenvalue weighted by molar-refractivity contribution is 9.10.